The molecule has 0 amide bonds. The van der Waals surface area contributed by atoms with Crippen molar-refractivity contribution < 1.29 is 9.13 Å². The van der Waals surface area contributed by atoms with Crippen molar-refractivity contribution in [1.29, 1.82) is 0 Å². The molecule has 1 aromatic rings. The molecule has 1 saturated carbocycles. The lowest BCUT2D eigenvalue weighted by atomic mass is 9.74. The first-order valence-corrected chi connectivity index (χ1v) is 7.66. The highest BCUT2D eigenvalue weighted by molar-refractivity contribution is 5.23. The van der Waals surface area contributed by atoms with E-state index in [-0.39, 0.29) is 11.9 Å². The molecule has 2 rings (SSSR count). The van der Waals surface area contributed by atoms with Crippen LogP contribution in [-0.4, -0.2) is 18.7 Å². The smallest absolute Gasteiger partial charge is 0.126 e. The van der Waals surface area contributed by atoms with E-state index < -0.39 is 0 Å². The minimum atomic E-state index is -0.240. The van der Waals surface area contributed by atoms with Gasteiger partial charge in [-0.2, -0.15) is 0 Å². The quantitative estimate of drug-likeness (QED) is 0.874. The van der Waals surface area contributed by atoms with E-state index in [0.29, 0.717) is 17.2 Å². The summed E-state index contributed by atoms with van der Waals surface area (Å²) in [7, 11) is 0. The first kappa shape index (κ1) is 15.3. The average molecular weight is 279 g/mol. The monoisotopic (exact) mass is 279 g/mol. The van der Waals surface area contributed by atoms with Crippen LogP contribution in [0.4, 0.5) is 4.39 Å². The van der Waals surface area contributed by atoms with Gasteiger partial charge in [0.25, 0.3) is 0 Å². The molecule has 112 valence electrons. The van der Waals surface area contributed by atoms with Gasteiger partial charge >= 0.3 is 0 Å². The second-order valence-electron chi connectivity index (χ2n) is 6.58. The Kier molecular flexibility index (Phi) is 5.03. The zero-order valence-electron chi connectivity index (χ0n) is 12.8. The van der Waals surface area contributed by atoms with Gasteiger partial charge < -0.3 is 10.1 Å². The predicted molar refractivity (Wildman–Crippen MR) is 80.5 cm³/mol. The summed E-state index contributed by atoms with van der Waals surface area (Å²) in [5.74, 6) is 0.395. The first-order chi connectivity index (χ1) is 9.50. The SMILES string of the molecule is CCCNC1CCC(C)(C)CC1Oc1cccc(F)c1. The normalized spacial score (nSPS) is 25.4. The largest absolute Gasteiger partial charge is 0.489 e. The highest BCUT2D eigenvalue weighted by Gasteiger charge is 2.35. The summed E-state index contributed by atoms with van der Waals surface area (Å²) in [6, 6.07) is 6.82. The van der Waals surface area contributed by atoms with Gasteiger partial charge in [0.1, 0.15) is 17.7 Å². The van der Waals surface area contributed by atoms with Gasteiger partial charge in [0.2, 0.25) is 0 Å². The summed E-state index contributed by atoms with van der Waals surface area (Å²) in [4.78, 5) is 0. The summed E-state index contributed by atoms with van der Waals surface area (Å²) >= 11 is 0. The third-order valence-corrected chi connectivity index (χ3v) is 4.07. The number of benzene rings is 1. The Hall–Kier alpha value is -1.09. The van der Waals surface area contributed by atoms with E-state index in [9.17, 15) is 4.39 Å². The lowest BCUT2D eigenvalue weighted by molar-refractivity contribution is 0.0529. The van der Waals surface area contributed by atoms with Crippen LogP contribution in [0.15, 0.2) is 24.3 Å². The fourth-order valence-electron chi connectivity index (χ4n) is 2.92. The predicted octanol–water partition coefficient (Wildman–Crippen LogP) is 4.15. The van der Waals surface area contributed by atoms with Crippen molar-refractivity contribution in [2.75, 3.05) is 6.54 Å². The van der Waals surface area contributed by atoms with Gasteiger partial charge in [0.05, 0.1) is 0 Å². The molecule has 0 spiro atoms. The second-order valence-corrected chi connectivity index (χ2v) is 6.58. The summed E-state index contributed by atoms with van der Waals surface area (Å²) < 4.78 is 19.4. The molecular weight excluding hydrogens is 253 g/mol. The van der Waals surface area contributed by atoms with Crippen LogP contribution in [0.5, 0.6) is 5.75 Å². The van der Waals surface area contributed by atoms with E-state index in [1.54, 1.807) is 6.07 Å². The minimum absolute atomic E-state index is 0.118. The molecule has 0 radical (unpaired) electrons. The van der Waals surface area contributed by atoms with Crippen molar-refractivity contribution in [2.45, 2.75) is 58.6 Å². The number of halogens is 1. The van der Waals surface area contributed by atoms with Gasteiger partial charge in [-0.15, -0.1) is 0 Å². The van der Waals surface area contributed by atoms with E-state index in [1.165, 1.54) is 18.6 Å². The van der Waals surface area contributed by atoms with Gasteiger partial charge in [0.15, 0.2) is 0 Å². The van der Waals surface area contributed by atoms with Gasteiger partial charge in [-0.3, -0.25) is 0 Å². The van der Waals surface area contributed by atoms with Crippen molar-refractivity contribution >= 4 is 0 Å². The molecule has 2 atom stereocenters. The Morgan fingerprint density at radius 2 is 2.20 bits per heavy atom. The van der Waals surface area contributed by atoms with Crippen LogP contribution in [0.25, 0.3) is 0 Å². The van der Waals surface area contributed by atoms with E-state index in [1.807, 2.05) is 6.07 Å². The Morgan fingerprint density at radius 1 is 1.40 bits per heavy atom. The zero-order chi connectivity index (χ0) is 14.6. The van der Waals surface area contributed by atoms with Crippen LogP contribution >= 0.6 is 0 Å². The van der Waals surface area contributed by atoms with Crippen molar-refractivity contribution in [3.05, 3.63) is 30.1 Å². The fourth-order valence-corrected chi connectivity index (χ4v) is 2.92. The molecule has 1 N–H and O–H groups in total. The topological polar surface area (TPSA) is 21.3 Å². The van der Waals surface area contributed by atoms with Gasteiger partial charge in [-0.05, 0) is 49.8 Å². The first-order valence-electron chi connectivity index (χ1n) is 7.66. The van der Waals surface area contributed by atoms with Gasteiger partial charge in [-0.1, -0.05) is 26.8 Å². The van der Waals surface area contributed by atoms with Crippen molar-refractivity contribution in [1.82, 2.24) is 5.32 Å². The lowest BCUT2D eigenvalue weighted by Gasteiger charge is -2.41. The molecule has 3 heteroatoms. The maximum absolute atomic E-state index is 13.3. The van der Waals surface area contributed by atoms with Gasteiger partial charge in [-0.25, -0.2) is 4.39 Å². The van der Waals surface area contributed by atoms with E-state index in [0.717, 1.165) is 25.8 Å². The number of ether oxygens (including phenoxy) is 1. The van der Waals surface area contributed by atoms with E-state index in [2.05, 4.69) is 26.1 Å². The Morgan fingerprint density at radius 3 is 2.90 bits per heavy atom. The third-order valence-electron chi connectivity index (χ3n) is 4.07. The van der Waals surface area contributed by atoms with Crippen molar-refractivity contribution in [2.24, 2.45) is 5.41 Å². The second kappa shape index (κ2) is 6.57. The van der Waals surface area contributed by atoms with Crippen LogP contribution in [0, 0.1) is 11.2 Å². The Labute approximate surface area is 121 Å². The standard InChI is InChI=1S/C17H26FNO/c1-4-10-19-15-8-9-17(2,3)12-16(15)20-14-7-5-6-13(18)11-14/h5-7,11,15-16,19H,4,8-10,12H2,1-3H3. The molecule has 0 aliphatic heterocycles. The van der Waals surface area contributed by atoms with Crippen LogP contribution in [0.2, 0.25) is 0 Å². The maximum atomic E-state index is 13.3. The van der Waals surface area contributed by atoms with E-state index >= 15 is 0 Å². The molecule has 2 unspecified atom stereocenters. The molecule has 1 aliphatic carbocycles. The van der Waals surface area contributed by atoms with Crippen LogP contribution in [0.1, 0.15) is 46.5 Å². The summed E-state index contributed by atoms with van der Waals surface area (Å²) in [5, 5.41) is 3.58. The van der Waals surface area contributed by atoms with Crippen LogP contribution in [-0.2, 0) is 0 Å². The Bertz CT molecular complexity index is 433. The summed E-state index contributed by atoms with van der Waals surface area (Å²) in [5.41, 5.74) is 0.294. The molecule has 20 heavy (non-hydrogen) atoms. The number of hydrogen-bond donors (Lipinski definition) is 1. The van der Waals surface area contributed by atoms with E-state index in [4.69, 9.17) is 4.74 Å². The molecule has 0 saturated heterocycles. The van der Waals surface area contributed by atoms with Crippen LogP contribution < -0.4 is 10.1 Å². The minimum Gasteiger partial charge on any atom is -0.489 e. The van der Waals surface area contributed by atoms with Crippen molar-refractivity contribution in [3.63, 3.8) is 0 Å². The van der Waals surface area contributed by atoms with Gasteiger partial charge in [0, 0.05) is 12.1 Å². The highest BCUT2D eigenvalue weighted by atomic mass is 19.1. The molecule has 1 aliphatic rings. The molecule has 1 aromatic carbocycles. The summed E-state index contributed by atoms with van der Waals surface area (Å²) in [6.07, 6.45) is 4.56. The lowest BCUT2D eigenvalue weighted by Crippen LogP contribution is -2.49. The third kappa shape index (κ3) is 4.20. The maximum Gasteiger partial charge on any atom is 0.126 e. The molecule has 0 heterocycles. The number of nitrogens with one attached hydrogen (secondary N) is 1. The molecule has 0 aromatic heterocycles. The number of hydrogen-bond acceptors (Lipinski definition) is 2. The molecule has 1 fully saturated rings. The molecule has 2 nitrogen and oxygen atoms in total. The van der Waals surface area contributed by atoms with Crippen LogP contribution in [0.3, 0.4) is 0 Å². The highest BCUT2D eigenvalue weighted by Crippen LogP contribution is 2.37. The Balaban J connectivity index is 2.06. The number of rotatable bonds is 5. The zero-order valence-corrected chi connectivity index (χ0v) is 12.8. The van der Waals surface area contributed by atoms with Crippen molar-refractivity contribution in [3.8, 4) is 5.75 Å². The fraction of sp³-hybridized carbons (Fsp3) is 0.647. The average Bonchev–Trinajstić information content (AvgIpc) is 2.37. The molecular formula is C17H26FNO. The summed E-state index contributed by atoms with van der Waals surface area (Å²) in [6.45, 7) is 7.74. The molecule has 0 bridgehead atoms.